The lowest BCUT2D eigenvalue weighted by Gasteiger charge is -2.28. The van der Waals surface area contributed by atoms with Crippen LogP contribution in [0, 0.1) is 0 Å². The van der Waals surface area contributed by atoms with Crippen LogP contribution in [0.4, 0.5) is 34.1 Å². The summed E-state index contributed by atoms with van der Waals surface area (Å²) in [7, 11) is 0. The van der Waals surface area contributed by atoms with Crippen LogP contribution < -0.4 is 9.80 Å². The van der Waals surface area contributed by atoms with Gasteiger partial charge in [0.15, 0.2) is 11.2 Å². The zero-order valence-corrected chi connectivity index (χ0v) is 45.2. The molecule has 19 rings (SSSR count). The van der Waals surface area contributed by atoms with E-state index in [-0.39, 0.29) is 0 Å². The number of hydrogen-bond donors (Lipinski definition) is 0. The molecule has 0 aliphatic heterocycles. The van der Waals surface area contributed by atoms with E-state index in [1.165, 1.54) is 65.2 Å². The summed E-state index contributed by atoms with van der Waals surface area (Å²) in [6, 6.07) is 101. The maximum atomic E-state index is 6.85. The molecule has 0 N–H and O–H groups in total. The smallest absolute Gasteiger partial charge is 0.159 e. The fourth-order valence-electron chi connectivity index (χ4n) is 14.4. The third-order valence-corrected chi connectivity index (χ3v) is 17.9. The minimum Gasteiger partial charge on any atom is -0.454 e. The Bertz CT molecular complexity index is 5520. The molecule has 390 valence electrons. The molecule has 6 nitrogen and oxygen atoms in total. The third-order valence-electron chi connectivity index (χ3n) is 17.9. The normalized spacial score (nSPS) is 12.3. The second kappa shape index (κ2) is 17.1. The molecule has 0 radical (unpaired) electrons. The highest BCUT2D eigenvalue weighted by molar-refractivity contribution is 6.29. The van der Waals surface area contributed by atoms with E-state index in [2.05, 4.69) is 286 Å². The van der Waals surface area contributed by atoms with Crippen molar-refractivity contribution < 1.29 is 8.83 Å². The Morgan fingerprint density at radius 2 is 0.583 bits per heavy atom. The minimum absolute atomic E-state index is 0.848. The summed E-state index contributed by atoms with van der Waals surface area (Å²) in [6.07, 6.45) is 0. The van der Waals surface area contributed by atoms with Gasteiger partial charge in [0.05, 0.1) is 55.8 Å². The largest absolute Gasteiger partial charge is 0.454 e. The predicted octanol–water partition coefficient (Wildman–Crippen LogP) is 22.1. The Labute approximate surface area is 480 Å². The second-order valence-electron chi connectivity index (χ2n) is 22.3. The van der Waals surface area contributed by atoms with Crippen molar-refractivity contribution in [2.45, 2.75) is 0 Å². The fraction of sp³-hybridized carbons (Fsp3) is 0. The number of anilines is 6. The summed E-state index contributed by atoms with van der Waals surface area (Å²) in [5.41, 5.74) is 21.2. The molecule has 6 aromatic heterocycles. The van der Waals surface area contributed by atoms with Gasteiger partial charge in [0.1, 0.15) is 11.2 Å². The molecular weight excluding hydrogens is 1020 g/mol. The molecule has 0 aliphatic carbocycles. The molecule has 13 aromatic carbocycles. The van der Waals surface area contributed by atoms with E-state index >= 15 is 0 Å². The van der Waals surface area contributed by atoms with Gasteiger partial charge in [-0.3, -0.25) is 0 Å². The van der Waals surface area contributed by atoms with Gasteiger partial charge in [-0.05, 0) is 83.9 Å². The highest BCUT2D eigenvalue weighted by Crippen LogP contribution is 2.51. The zero-order valence-electron chi connectivity index (χ0n) is 45.2. The lowest BCUT2D eigenvalue weighted by molar-refractivity contribution is 0.668. The standard InChI is InChI=1S/C78H46N4O2/c1-3-19-47(20-4-1)51-23-7-11-33-65(51)79(67-35-17-31-61-55-25-9-13-37-73(55)83-77(61)67)49-39-41-53-57-27-15-29-59-63-46-72-64(45-71(63)81(75(57)59)69(53)43-49)60-30-16-28-58-54-42-40-50(44-70(54)82(72)76(58)60)80(66-34-12-8-24-52(66)48-21-5-2-6-22-48)68-36-18-32-62-56-26-10-14-38-74(56)84-78(62)68/h1-46H. The number of furan rings is 2. The number of fused-ring (bicyclic) bond motifs is 18. The number of nitrogens with zero attached hydrogens (tertiary/aromatic N) is 4. The van der Waals surface area contributed by atoms with Crippen LogP contribution in [0.25, 0.3) is 142 Å². The van der Waals surface area contributed by atoms with Crippen LogP contribution in [-0.4, -0.2) is 8.80 Å². The van der Waals surface area contributed by atoms with E-state index in [0.29, 0.717) is 0 Å². The number of hydrogen-bond acceptors (Lipinski definition) is 4. The number of aromatic nitrogens is 2. The minimum atomic E-state index is 0.848. The number of benzene rings is 13. The maximum absolute atomic E-state index is 6.85. The summed E-state index contributed by atoms with van der Waals surface area (Å²) >= 11 is 0. The number of rotatable bonds is 8. The number of para-hydroxylation sites is 8. The van der Waals surface area contributed by atoms with Gasteiger partial charge in [-0.15, -0.1) is 0 Å². The predicted molar refractivity (Wildman–Crippen MR) is 351 cm³/mol. The Morgan fingerprint density at radius 1 is 0.238 bits per heavy atom. The van der Waals surface area contributed by atoms with Crippen LogP contribution in [-0.2, 0) is 0 Å². The molecule has 0 saturated heterocycles. The topological polar surface area (TPSA) is 41.6 Å². The van der Waals surface area contributed by atoms with E-state index in [0.717, 1.165) is 111 Å². The molecule has 0 aliphatic rings. The molecular formula is C78H46N4O2. The molecule has 0 atom stereocenters. The first kappa shape index (κ1) is 45.4. The van der Waals surface area contributed by atoms with Crippen LogP contribution in [0.15, 0.2) is 288 Å². The highest BCUT2D eigenvalue weighted by atomic mass is 16.3. The summed E-state index contributed by atoms with van der Waals surface area (Å²) in [4.78, 5) is 4.81. The van der Waals surface area contributed by atoms with Crippen molar-refractivity contribution in [2.24, 2.45) is 0 Å². The molecule has 0 fully saturated rings. The van der Waals surface area contributed by atoms with E-state index < -0.39 is 0 Å². The van der Waals surface area contributed by atoms with Crippen LogP contribution in [0.3, 0.4) is 0 Å². The average molecular weight is 1070 g/mol. The summed E-state index contributed by atoms with van der Waals surface area (Å²) in [6.45, 7) is 0. The van der Waals surface area contributed by atoms with E-state index in [4.69, 9.17) is 8.83 Å². The molecule has 0 unspecified atom stereocenters. The van der Waals surface area contributed by atoms with Gasteiger partial charge >= 0.3 is 0 Å². The molecule has 19 aromatic rings. The van der Waals surface area contributed by atoms with Gasteiger partial charge in [0.2, 0.25) is 0 Å². The van der Waals surface area contributed by atoms with Gasteiger partial charge in [0, 0.05) is 87.1 Å². The van der Waals surface area contributed by atoms with Crippen LogP contribution in [0.2, 0.25) is 0 Å². The molecule has 0 bridgehead atoms. The quantitative estimate of drug-likeness (QED) is 0.152. The fourth-order valence-corrected chi connectivity index (χ4v) is 14.4. The first-order valence-corrected chi connectivity index (χ1v) is 28.7. The van der Waals surface area contributed by atoms with Crippen molar-refractivity contribution in [3.8, 4) is 22.3 Å². The zero-order chi connectivity index (χ0) is 54.7. The average Bonchev–Trinajstić information content (AvgIpc) is 3.90. The van der Waals surface area contributed by atoms with E-state index in [1.54, 1.807) is 0 Å². The molecule has 84 heavy (non-hydrogen) atoms. The lowest BCUT2D eigenvalue weighted by Crippen LogP contribution is -2.11. The van der Waals surface area contributed by atoms with Crippen LogP contribution in [0.1, 0.15) is 0 Å². The summed E-state index contributed by atoms with van der Waals surface area (Å²) in [5, 5.41) is 14.1. The molecule has 0 amide bonds. The van der Waals surface area contributed by atoms with Gasteiger partial charge in [-0.25, -0.2) is 0 Å². The van der Waals surface area contributed by atoms with Crippen molar-refractivity contribution >= 4 is 154 Å². The SMILES string of the molecule is c1ccc(-c2ccccc2N(c2ccc3c4cccc5c6cc7c(cc6n(c3c2)c45)c2cccc3c4ccc(N(c5ccccc5-c5ccccc5)c5cccc6c5oc5ccccc56)cc4n7c32)c2cccc3c2oc2ccccc23)cc1. The summed E-state index contributed by atoms with van der Waals surface area (Å²) < 4.78 is 18.8. The maximum Gasteiger partial charge on any atom is 0.159 e. The Hall–Kier alpha value is -11.3. The summed E-state index contributed by atoms with van der Waals surface area (Å²) in [5.74, 6) is 0. The monoisotopic (exact) mass is 1070 g/mol. The van der Waals surface area contributed by atoms with E-state index in [1.807, 2.05) is 12.1 Å². The van der Waals surface area contributed by atoms with Gasteiger partial charge in [-0.2, -0.15) is 0 Å². The van der Waals surface area contributed by atoms with Crippen LogP contribution in [0.5, 0.6) is 0 Å². The van der Waals surface area contributed by atoms with Gasteiger partial charge < -0.3 is 27.4 Å². The first-order valence-electron chi connectivity index (χ1n) is 28.7. The van der Waals surface area contributed by atoms with Crippen LogP contribution >= 0.6 is 0 Å². The van der Waals surface area contributed by atoms with Gasteiger partial charge in [-0.1, -0.05) is 206 Å². The van der Waals surface area contributed by atoms with E-state index in [9.17, 15) is 0 Å². The van der Waals surface area contributed by atoms with Crippen molar-refractivity contribution in [2.75, 3.05) is 9.80 Å². The van der Waals surface area contributed by atoms with Crippen molar-refractivity contribution in [1.82, 2.24) is 8.80 Å². The lowest BCUT2D eigenvalue weighted by atomic mass is 10.0. The molecule has 0 saturated carbocycles. The molecule has 6 heterocycles. The second-order valence-corrected chi connectivity index (χ2v) is 22.3. The third kappa shape index (κ3) is 6.23. The molecule has 0 spiro atoms. The highest BCUT2D eigenvalue weighted by Gasteiger charge is 2.28. The van der Waals surface area contributed by atoms with Crippen molar-refractivity contribution in [1.29, 1.82) is 0 Å². The van der Waals surface area contributed by atoms with Crippen molar-refractivity contribution in [3.63, 3.8) is 0 Å². The van der Waals surface area contributed by atoms with Gasteiger partial charge in [0.25, 0.3) is 0 Å². The Kier molecular flexibility index (Phi) is 9.24. The Morgan fingerprint density at radius 3 is 1.05 bits per heavy atom. The molecule has 6 heteroatoms. The first-order chi connectivity index (χ1) is 41.7. The van der Waals surface area contributed by atoms with Crippen molar-refractivity contribution in [3.05, 3.63) is 279 Å². The Balaban J connectivity index is 0.854.